The summed E-state index contributed by atoms with van der Waals surface area (Å²) in [7, 11) is 0. The molecule has 1 atom stereocenters. The van der Waals surface area contributed by atoms with Crippen molar-refractivity contribution in [1.29, 1.82) is 0 Å². The molecule has 0 fully saturated rings. The first kappa shape index (κ1) is 13.5. The van der Waals surface area contributed by atoms with Gasteiger partial charge in [-0.15, -0.1) is 0 Å². The van der Waals surface area contributed by atoms with E-state index >= 15 is 0 Å². The third-order valence-electron chi connectivity index (χ3n) is 2.57. The second-order valence-corrected chi connectivity index (χ2v) is 4.00. The van der Waals surface area contributed by atoms with Crippen LogP contribution in [0, 0.1) is 0 Å². The number of hydrogen-bond acceptors (Lipinski definition) is 2. The lowest BCUT2D eigenvalue weighted by atomic mass is 10.1. The Bertz CT molecular complexity index is 335. The summed E-state index contributed by atoms with van der Waals surface area (Å²) in [6.45, 7) is 5.03. The van der Waals surface area contributed by atoms with Gasteiger partial charge in [0.05, 0.1) is 6.04 Å². The molecule has 0 aliphatic heterocycles. The molecule has 1 aromatic rings. The molecule has 0 saturated carbocycles. The number of guanidine groups is 1. The maximum Gasteiger partial charge on any atom is 0.206 e. The minimum Gasteiger partial charge on any atom is -0.349 e. The molecule has 0 amide bonds. The molecule has 0 aliphatic carbocycles. The average molecular weight is 234 g/mol. The van der Waals surface area contributed by atoms with Crippen LogP contribution in [-0.4, -0.2) is 12.5 Å². The summed E-state index contributed by atoms with van der Waals surface area (Å²) < 4.78 is 0. The van der Waals surface area contributed by atoms with E-state index in [1.165, 1.54) is 5.56 Å². The summed E-state index contributed by atoms with van der Waals surface area (Å²) in [5, 5.41) is 3.26. The minimum absolute atomic E-state index is 0.188. The van der Waals surface area contributed by atoms with Gasteiger partial charge in [-0.25, -0.2) is 5.84 Å². The summed E-state index contributed by atoms with van der Waals surface area (Å²) >= 11 is 0. The first-order valence-electron chi connectivity index (χ1n) is 6.10. The largest absolute Gasteiger partial charge is 0.349 e. The fraction of sp³-hybridized carbons (Fsp3) is 0.462. The average Bonchev–Trinajstić information content (AvgIpc) is 2.38. The molecule has 0 saturated heterocycles. The van der Waals surface area contributed by atoms with Crippen LogP contribution in [0.15, 0.2) is 35.3 Å². The van der Waals surface area contributed by atoms with Crippen molar-refractivity contribution in [2.45, 2.75) is 32.7 Å². The van der Waals surface area contributed by atoms with Crippen LogP contribution in [0.2, 0.25) is 0 Å². The zero-order valence-electron chi connectivity index (χ0n) is 10.6. The van der Waals surface area contributed by atoms with E-state index in [9.17, 15) is 0 Å². The molecule has 1 rings (SSSR count). The number of hydrazine groups is 1. The van der Waals surface area contributed by atoms with E-state index in [2.05, 4.69) is 41.7 Å². The fourth-order valence-electron chi connectivity index (χ4n) is 1.51. The second kappa shape index (κ2) is 7.68. The van der Waals surface area contributed by atoms with Crippen LogP contribution in [0.3, 0.4) is 0 Å². The van der Waals surface area contributed by atoms with Gasteiger partial charge in [-0.05, 0) is 18.9 Å². The van der Waals surface area contributed by atoms with Gasteiger partial charge in [0.25, 0.3) is 0 Å². The van der Waals surface area contributed by atoms with Crippen molar-refractivity contribution in [3.05, 3.63) is 35.9 Å². The standard InChI is InChI=1S/C13H22N4/c1-3-4-10-15-13(17-14)16-11(2)12-8-6-5-7-9-12/h5-9,11H,3-4,10,14H2,1-2H3,(H2,15,16,17). The zero-order chi connectivity index (χ0) is 12.5. The van der Waals surface area contributed by atoms with Crippen LogP contribution in [0.4, 0.5) is 0 Å². The Morgan fingerprint density at radius 3 is 2.65 bits per heavy atom. The van der Waals surface area contributed by atoms with Gasteiger partial charge in [0.1, 0.15) is 0 Å². The first-order chi connectivity index (χ1) is 8.27. The molecule has 1 unspecified atom stereocenters. The molecule has 0 aromatic heterocycles. The van der Waals surface area contributed by atoms with Gasteiger partial charge in [0.2, 0.25) is 5.96 Å². The number of nitrogens with two attached hydrogens (primary N) is 1. The molecular formula is C13H22N4. The fourth-order valence-corrected chi connectivity index (χ4v) is 1.51. The molecule has 4 N–H and O–H groups in total. The molecule has 0 aliphatic rings. The van der Waals surface area contributed by atoms with Gasteiger partial charge in [-0.2, -0.15) is 0 Å². The Labute approximate surface area is 103 Å². The predicted octanol–water partition coefficient (Wildman–Crippen LogP) is 1.96. The van der Waals surface area contributed by atoms with E-state index in [1.807, 2.05) is 18.2 Å². The topological polar surface area (TPSA) is 62.4 Å². The zero-order valence-corrected chi connectivity index (χ0v) is 10.6. The van der Waals surface area contributed by atoms with Crippen LogP contribution in [0.25, 0.3) is 0 Å². The summed E-state index contributed by atoms with van der Waals surface area (Å²) in [5.41, 5.74) is 3.81. The van der Waals surface area contributed by atoms with Gasteiger partial charge in [-0.3, -0.25) is 10.4 Å². The number of nitrogens with one attached hydrogen (secondary N) is 2. The lowest BCUT2D eigenvalue weighted by molar-refractivity contribution is 0.683. The van der Waals surface area contributed by atoms with Gasteiger partial charge in [-0.1, -0.05) is 43.7 Å². The lowest BCUT2D eigenvalue weighted by Gasteiger charge is -2.16. The molecule has 4 heteroatoms. The minimum atomic E-state index is 0.188. The monoisotopic (exact) mass is 234 g/mol. The Balaban J connectivity index is 2.53. The smallest absolute Gasteiger partial charge is 0.206 e. The number of unbranched alkanes of at least 4 members (excludes halogenated alkanes) is 1. The highest BCUT2D eigenvalue weighted by molar-refractivity contribution is 5.79. The summed E-state index contributed by atoms with van der Waals surface area (Å²) in [6.07, 6.45) is 2.21. The van der Waals surface area contributed by atoms with E-state index in [1.54, 1.807) is 0 Å². The molecule has 0 radical (unpaired) electrons. The number of rotatable bonds is 5. The van der Waals surface area contributed by atoms with Crippen molar-refractivity contribution < 1.29 is 0 Å². The third-order valence-corrected chi connectivity index (χ3v) is 2.57. The molecule has 0 bridgehead atoms. The Hall–Kier alpha value is -1.55. The van der Waals surface area contributed by atoms with Gasteiger partial charge in [0.15, 0.2) is 0 Å². The van der Waals surface area contributed by atoms with E-state index in [0.717, 1.165) is 19.4 Å². The SMILES string of the molecule is CCCCN=C(NN)NC(C)c1ccccc1. The Morgan fingerprint density at radius 2 is 2.06 bits per heavy atom. The van der Waals surface area contributed by atoms with Crippen molar-refractivity contribution in [3.63, 3.8) is 0 Å². The number of benzene rings is 1. The number of hydrogen-bond donors (Lipinski definition) is 3. The first-order valence-corrected chi connectivity index (χ1v) is 6.10. The normalized spacial score (nSPS) is 13.2. The molecule has 4 nitrogen and oxygen atoms in total. The van der Waals surface area contributed by atoms with Gasteiger partial charge < -0.3 is 5.32 Å². The maximum absolute atomic E-state index is 5.44. The van der Waals surface area contributed by atoms with Crippen molar-refractivity contribution in [2.75, 3.05) is 6.54 Å². The summed E-state index contributed by atoms with van der Waals surface area (Å²) in [4.78, 5) is 4.37. The highest BCUT2D eigenvalue weighted by Gasteiger charge is 2.05. The second-order valence-electron chi connectivity index (χ2n) is 4.00. The Morgan fingerprint density at radius 1 is 1.35 bits per heavy atom. The van der Waals surface area contributed by atoms with Crippen molar-refractivity contribution in [1.82, 2.24) is 10.7 Å². The molecule has 94 valence electrons. The number of nitrogens with zero attached hydrogens (tertiary/aromatic N) is 1. The van der Waals surface area contributed by atoms with Crippen LogP contribution in [0.5, 0.6) is 0 Å². The highest BCUT2D eigenvalue weighted by Crippen LogP contribution is 2.10. The van der Waals surface area contributed by atoms with Gasteiger partial charge >= 0.3 is 0 Å². The van der Waals surface area contributed by atoms with E-state index in [0.29, 0.717) is 5.96 Å². The van der Waals surface area contributed by atoms with Crippen molar-refractivity contribution in [2.24, 2.45) is 10.8 Å². The third kappa shape index (κ3) is 4.87. The van der Waals surface area contributed by atoms with Crippen LogP contribution >= 0.6 is 0 Å². The molecule has 0 spiro atoms. The van der Waals surface area contributed by atoms with Gasteiger partial charge in [0, 0.05) is 6.54 Å². The molecule has 17 heavy (non-hydrogen) atoms. The number of aliphatic imine (C=N–C) groups is 1. The quantitative estimate of drug-likeness (QED) is 0.240. The van der Waals surface area contributed by atoms with E-state index in [-0.39, 0.29) is 6.04 Å². The van der Waals surface area contributed by atoms with Crippen LogP contribution in [-0.2, 0) is 0 Å². The highest BCUT2D eigenvalue weighted by atomic mass is 15.3. The predicted molar refractivity (Wildman–Crippen MR) is 72.5 cm³/mol. The van der Waals surface area contributed by atoms with Crippen LogP contribution < -0.4 is 16.6 Å². The van der Waals surface area contributed by atoms with Crippen molar-refractivity contribution in [3.8, 4) is 0 Å². The Kier molecular flexibility index (Phi) is 6.10. The maximum atomic E-state index is 5.44. The lowest BCUT2D eigenvalue weighted by Crippen LogP contribution is -2.42. The van der Waals surface area contributed by atoms with Crippen molar-refractivity contribution >= 4 is 5.96 Å². The van der Waals surface area contributed by atoms with E-state index in [4.69, 9.17) is 5.84 Å². The molecule has 1 aromatic carbocycles. The summed E-state index contributed by atoms with van der Waals surface area (Å²) in [6, 6.07) is 10.4. The molecular weight excluding hydrogens is 212 g/mol. The molecule has 0 heterocycles. The summed E-state index contributed by atoms with van der Waals surface area (Å²) in [5.74, 6) is 6.09. The van der Waals surface area contributed by atoms with E-state index < -0.39 is 0 Å². The van der Waals surface area contributed by atoms with Crippen LogP contribution in [0.1, 0.15) is 38.3 Å².